The Bertz CT molecular complexity index is 1020. The van der Waals surface area contributed by atoms with E-state index in [0.717, 1.165) is 18.4 Å². The molecule has 1 fully saturated rings. The van der Waals surface area contributed by atoms with Crippen molar-refractivity contribution in [3.8, 4) is 22.2 Å². The van der Waals surface area contributed by atoms with Crippen molar-refractivity contribution in [2.24, 2.45) is 0 Å². The van der Waals surface area contributed by atoms with Crippen molar-refractivity contribution in [3.05, 3.63) is 40.2 Å². The number of rotatable bonds is 5. The first-order chi connectivity index (χ1) is 11.9. The zero-order chi connectivity index (χ0) is 17.6. The van der Waals surface area contributed by atoms with Gasteiger partial charge in [0.1, 0.15) is 0 Å². The summed E-state index contributed by atoms with van der Waals surface area (Å²) in [6.45, 7) is 1.77. The molecule has 1 aromatic carbocycles. The van der Waals surface area contributed by atoms with Crippen LogP contribution in [0.3, 0.4) is 0 Å². The van der Waals surface area contributed by atoms with E-state index in [1.165, 1.54) is 11.3 Å². The van der Waals surface area contributed by atoms with Gasteiger partial charge in [0, 0.05) is 21.5 Å². The molecule has 1 N–H and O–H groups in total. The molecule has 4 rings (SSSR count). The third-order valence-corrected chi connectivity index (χ3v) is 6.87. The number of halogens is 1. The monoisotopic (exact) mass is 395 g/mol. The maximum absolute atomic E-state index is 12.4. The van der Waals surface area contributed by atoms with E-state index in [1.54, 1.807) is 37.3 Å². The number of hydrogen-bond donors (Lipinski definition) is 1. The van der Waals surface area contributed by atoms with Gasteiger partial charge in [0.25, 0.3) is 5.89 Å². The molecule has 1 aliphatic rings. The van der Waals surface area contributed by atoms with Crippen molar-refractivity contribution in [2.45, 2.75) is 30.7 Å². The molecule has 3 aromatic rings. The number of aromatic nitrogens is 2. The van der Waals surface area contributed by atoms with Gasteiger partial charge in [-0.1, -0.05) is 16.8 Å². The first-order valence-corrected chi connectivity index (χ1v) is 10.3. The Balaban J connectivity index is 1.65. The van der Waals surface area contributed by atoms with Crippen LogP contribution in [0.1, 0.15) is 17.7 Å². The third-order valence-electron chi connectivity index (χ3n) is 3.80. The van der Waals surface area contributed by atoms with Gasteiger partial charge in [-0.3, -0.25) is 0 Å². The minimum absolute atomic E-state index is 0.0626. The number of sulfonamides is 1. The van der Waals surface area contributed by atoms with Crippen molar-refractivity contribution >= 4 is 33.0 Å². The van der Waals surface area contributed by atoms with Gasteiger partial charge in [0.2, 0.25) is 15.8 Å². The summed E-state index contributed by atoms with van der Waals surface area (Å²) in [7, 11) is -3.51. The van der Waals surface area contributed by atoms with Crippen LogP contribution < -0.4 is 4.72 Å². The van der Waals surface area contributed by atoms with Crippen LogP contribution in [-0.2, 0) is 10.0 Å². The summed E-state index contributed by atoms with van der Waals surface area (Å²) < 4.78 is 32.8. The van der Waals surface area contributed by atoms with Gasteiger partial charge in [-0.25, -0.2) is 13.1 Å². The first-order valence-electron chi connectivity index (χ1n) is 7.65. The van der Waals surface area contributed by atoms with Crippen LogP contribution in [0.4, 0.5) is 0 Å². The summed E-state index contributed by atoms with van der Waals surface area (Å²) in [5, 5.41) is 4.59. The predicted octanol–water partition coefficient (Wildman–Crippen LogP) is 3.87. The summed E-state index contributed by atoms with van der Waals surface area (Å²) in [5.41, 5.74) is 0.774. The fourth-order valence-electron chi connectivity index (χ4n) is 2.36. The summed E-state index contributed by atoms with van der Waals surface area (Å²) in [4.78, 5) is 5.95. The minimum atomic E-state index is -3.51. The number of nitrogens with one attached hydrogen (secondary N) is 1. The highest BCUT2D eigenvalue weighted by Gasteiger charge is 2.30. The Labute approximate surface area is 153 Å². The van der Waals surface area contributed by atoms with Gasteiger partial charge in [-0.05, 0) is 50.1 Å². The molecule has 0 unspecified atom stereocenters. The summed E-state index contributed by atoms with van der Waals surface area (Å²) in [6.07, 6.45) is 1.78. The summed E-state index contributed by atoms with van der Waals surface area (Å²) in [5.74, 6) is 0.726. The average molecular weight is 396 g/mol. The number of hydrogen-bond acceptors (Lipinski definition) is 6. The molecule has 2 heterocycles. The van der Waals surface area contributed by atoms with Gasteiger partial charge < -0.3 is 4.52 Å². The van der Waals surface area contributed by atoms with Gasteiger partial charge in [0.15, 0.2) is 0 Å². The van der Waals surface area contributed by atoms with E-state index in [-0.39, 0.29) is 10.9 Å². The maximum atomic E-state index is 12.4. The Kier molecular flexibility index (Phi) is 4.15. The van der Waals surface area contributed by atoms with Crippen LogP contribution in [-0.4, -0.2) is 24.6 Å². The van der Waals surface area contributed by atoms with E-state index in [9.17, 15) is 8.42 Å². The van der Waals surface area contributed by atoms with Crippen LogP contribution in [0.25, 0.3) is 22.2 Å². The molecule has 0 aliphatic heterocycles. The third kappa shape index (κ3) is 3.48. The Morgan fingerprint density at radius 2 is 2.00 bits per heavy atom. The molecule has 130 valence electrons. The highest BCUT2D eigenvalue weighted by atomic mass is 35.5. The quantitative estimate of drug-likeness (QED) is 0.708. The Hall–Kier alpha value is -1.74. The molecule has 6 nitrogen and oxygen atoms in total. The van der Waals surface area contributed by atoms with Gasteiger partial charge in [-0.15, -0.1) is 11.3 Å². The van der Waals surface area contributed by atoms with Crippen molar-refractivity contribution in [1.29, 1.82) is 0 Å². The molecule has 25 heavy (non-hydrogen) atoms. The lowest BCUT2D eigenvalue weighted by Crippen LogP contribution is -2.25. The van der Waals surface area contributed by atoms with E-state index in [0.29, 0.717) is 26.5 Å². The molecular formula is C16H14ClN3O3S2. The van der Waals surface area contributed by atoms with Crippen molar-refractivity contribution < 1.29 is 12.9 Å². The zero-order valence-corrected chi connectivity index (χ0v) is 15.6. The van der Waals surface area contributed by atoms with E-state index in [1.807, 2.05) is 0 Å². The van der Waals surface area contributed by atoms with Crippen LogP contribution in [0.2, 0.25) is 5.02 Å². The molecule has 1 aliphatic carbocycles. The maximum Gasteiger partial charge on any atom is 0.268 e. The van der Waals surface area contributed by atoms with E-state index in [4.69, 9.17) is 16.1 Å². The standard InChI is InChI=1S/C16H14ClN3O3S2/c1-9-14(25(21,22)20-12-6-7-12)8-13(24-9)16-18-15(19-23-16)10-2-4-11(17)5-3-10/h2-5,8,12,20H,6-7H2,1H3. The number of benzene rings is 1. The van der Waals surface area contributed by atoms with Crippen molar-refractivity contribution in [1.82, 2.24) is 14.9 Å². The van der Waals surface area contributed by atoms with Crippen molar-refractivity contribution in [2.75, 3.05) is 0 Å². The smallest absolute Gasteiger partial charge is 0.268 e. The molecule has 1 saturated carbocycles. The second kappa shape index (κ2) is 6.21. The zero-order valence-electron chi connectivity index (χ0n) is 13.2. The second-order valence-corrected chi connectivity index (χ2v) is 9.23. The molecule has 0 bridgehead atoms. The minimum Gasteiger partial charge on any atom is -0.333 e. The lowest BCUT2D eigenvalue weighted by Gasteiger charge is -2.03. The second-order valence-electron chi connectivity index (χ2n) is 5.86. The predicted molar refractivity (Wildman–Crippen MR) is 96.1 cm³/mol. The molecule has 9 heteroatoms. The normalized spacial score (nSPS) is 14.8. The van der Waals surface area contributed by atoms with E-state index in [2.05, 4.69) is 14.9 Å². The van der Waals surface area contributed by atoms with E-state index >= 15 is 0 Å². The molecule has 0 saturated heterocycles. The molecule has 0 amide bonds. The van der Waals surface area contributed by atoms with Crippen LogP contribution >= 0.6 is 22.9 Å². The number of thiophene rings is 1. The SMILES string of the molecule is Cc1sc(-c2nc(-c3ccc(Cl)cc3)no2)cc1S(=O)(=O)NC1CC1. The fraction of sp³-hybridized carbons (Fsp3) is 0.250. The lowest BCUT2D eigenvalue weighted by molar-refractivity contribution is 0.433. The highest BCUT2D eigenvalue weighted by molar-refractivity contribution is 7.89. The summed E-state index contributed by atoms with van der Waals surface area (Å²) in [6, 6.07) is 8.74. The molecule has 0 radical (unpaired) electrons. The largest absolute Gasteiger partial charge is 0.333 e. The Morgan fingerprint density at radius 3 is 2.68 bits per heavy atom. The van der Waals surface area contributed by atoms with Gasteiger partial charge in [-0.2, -0.15) is 4.98 Å². The lowest BCUT2D eigenvalue weighted by atomic mass is 10.2. The Morgan fingerprint density at radius 1 is 1.28 bits per heavy atom. The number of nitrogens with zero attached hydrogens (tertiary/aromatic N) is 2. The number of aryl methyl sites for hydroxylation is 1. The van der Waals surface area contributed by atoms with Gasteiger partial charge >= 0.3 is 0 Å². The molecule has 2 aromatic heterocycles. The van der Waals surface area contributed by atoms with Crippen LogP contribution in [0.15, 0.2) is 39.8 Å². The summed E-state index contributed by atoms with van der Waals surface area (Å²) >= 11 is 7.19. The van der Waals surface area contributed by atoms with Gasteiger partial charge in [0.05, 0.1) is 9.77 Å². The topological polar surface area (TPSA) is 85.1 Å². The van der Waals surface area contributed by atoms with Crippen LogP contribution in [0.5, 0.6) is 0 Å². The highest BCUT2D eigenvalue weighted by Crippen LogP contribution is 2.34. The fourth-order valence-corrected chi connectivity index (χ4v) is 5.31. The van der Waals surface area contributed by atoms with Crippen molar-refractivity contribution in [3.63, 3.8) is 0 Å². The van der Waals surface area contributed by atoms with Crippen LogP contribution in [0, 0.1) is 6.92 Å². The molecule has 0 atom stereocenters. The molecular weight excluding hydrogens is 382 g/mol. The average Bonchev–Trinajstić information content (AvgIpc) is 3.08. The molecule has 0 spiro atoms. The van der Waals surface area contributed by atoms with E-state index < -0.39 is 10.0 Å². The first kappa shape index (κ1) is 16.7.